The molecule has 0 saturated carbocycles. The highest BCUT2D eigenvalue weighted by Gasteiger charge is 2.34. The Balaban J connectivity index is 2.16. The molecule has 2 aromatic rings. The topological polar surface area (TPSA) is 123 Å². The number of aromatic nitrogens is 2. The molecule has 3 N–H and O–H groups in total. The van der Waals surface area contributed by atoms with Crippen LogP contribution < -0.4 is 25.5 Å². The summed E-state index contributed by atoms with van der Waals surface area (Å²) in [5.41, 5.74) is 6.49. The molecule has 1 atom stereocenters. The van der Waals surface area contributed by atoms with Crippen LogP contribution in [-0.2, 0) is 0 Å². The average molecular weight is 354 g/mol. The second-order valence-corrected chi connectivity index (χ2v) is 5.63. The van der Waals surface area contributed by atoms with Gasteiger partial charge in [0.25, 0.3) is 5.56 Å². The minimum absolute atomic E-state index is 0.0756. The van der Waals surface area contributed by atoms with E-state index in [1.54, 1.807) is 18.2 Å². The van der Waals surface area contributed by atoms with Crippen LogP contribution in [0.4, 0.5) is 0 Å². The predicted octanol–water partition coefficient (Wildman–Crippen LogP) is 1.79. The molecule has 0 saturated heterocycles. The summed E-state index contributed by atoms with van der Waals surface area (Å²) in [7, 11) is 1.53. The number of nitrogens with zero attached hydrogens (tertiary/aromatic N) is 2. The number of methoxy groups -OCH3 is 1. The molecule has 1 aliphatic rings. The van der Waals surface area contributed by atoms with Gasteiger partial charge in [-0.15, -0.1) is 0 Å². The van der Waals surface area contributed by atoms with Crippen LogP contribution in [0.2, 0.25) is 0 Å². The van der Waals surface area contributed by atoms with E-state index >= 15 is 0 Å². The highest BCUT2D eigenvalue weighted by molar-refractivity contribution is 5.55. The lowest BCUT2D eigenvalue weighted by atomic mass is 9.85. The van der Waals surface area contributed by atoms with Crippen LogP contribution in [0.25, 0.3) is 0 Å². The number of nitrogens with two attached hydrogens (primary N) is 1. The highest BCUT2D eigenvalue weighted by atomic mass is 16.5. The Morgan fingerprint density at radius 1 is 1.42 bits per heavy atom. The first-order valence-electron chi connectivity index (χ1n) is 8.06. The molecule has 8 nitrogen and oxygen atoms in total. The first-order valence-corrected chi connectivity index (χ1v) is 8.06. The van der Waals surface area contributed by atoms with Crippen molar-refractivity contribution in [1.29, 1.82) is 5.26 Å². The molecular formula is C18H18N4O4. The fourth-order valence-electron chi connectivity index (χ4n) is 2.82. The van der Waals surface area contributed by atoms with Gasteiger partial charge in [0, 0.05) is 0 Å². The third-order valence-electron chi connectivity index (χ3n) is 4.01. The van der Waals surface area contributed by atoms with Gasteiger partial charge in [0.05, 0.1) is 31.5 Å². The fourth-order valence-corrected chi connectivity index (χ4v) is 2.82. The van der Waals surface area contributed by atoms with Gasteiger partial charge in [0.1, 0.15) is 11.6 Å². The smallest absolute Gasteiger partial charge is 0.258 e. The quantitative estimate of drug-likeness (QED) is 0.839. The van der Waals surface area contributed by atoms with Gasteiger partial charge >= 0.3 is 0 Å². The van der Waals surface area contributed by atoms with Crippen LogP contribution >= 0.6 is 0 Å². The number of allylic oxidation sites excluding steroid dienone is 1. The van der Waals surface area contributed by atoms with Gasteiger partial charge in [-0.05, 0) is 24.1 Å². The molecule has 0 aliphatic carbocycles. The molecule has 3 rings (SSSR count). The standard InChI is InChI=1S/C18H18N4O4/c1-3-6-25-12-5-4-10(7-13(12)24-2)14-11(8-19)16(20)26-18-15(14)17(23)21-9-22-18/h4-5,7,9,14H,3,6,20H2,1-2H3,(H,21,22,23)/t14-/m1/s1. The lowest BCUT2D eigenvalue weighted by Crippen LogP contribution is -2.28. The number of benzene rings is 1. The first kappa shape index (κ1) is 17.4. The van der Waals surface area contributed by atoms with E-state index in [-0.39, 0.29) is 22.9 Å². The zero-order chi connectivity index (χ0) is 18.7. The summed E-state index contributed by atoms with van der Waals surface area (Å²) >= 11 is 0. The molecular weight excluding hydrogens is 336 g/mol. The molecule has 1 aromatic heterocycles. The van der Waals surface area contributed by atoms with Crippen LogP contribution in [0.1, 0.15) is 30.4 Å². The van der Waals surface area contributed by atoms with E-state index in [9.17, 15) is 10.1 Å². The first-order chi connectivity index (χ1) is 12.6. The maximum atomic E-state index is 12.4. The van der Waals surface area contributed by atoms with Gasteiger partial charge in [0.15, 0.2) is 11.5 Å². The summed E-state index contributed by atoms with van der Waals surface area (Å²) in [6, 6.07) is 7.27. The Kier molecular flexibility index (Phi) is 4.80. The average Bonchev–Trinajstić information content (AvgIpc) is 2.65. The maximum absolute atomic E-state index is 12.4. The summed E-state index contributed by atoms with van der Waals surface area (Å²) in [5.74, 6) is 0.380. The Labute approximate surface area is 149 Å². The molecule has 134 valence electrons. The zero-order valence-corrected chi connectivity index (χ0v) is 14.4. The molecule has 1 aromatic carbocycles. The van der Waals surface area contributed by atoms with Crippen LogP contribution in [0.5, 0.6) is 17.4 Å². The van der Waals surface area contributed by atoms with Crippen molar-refractivity contribution >= 4 is 0 Å². The molecule has 0 radical (unpaired) electrons. The van der Waals surface area contributed by atoms with Gasteiger partial charge in [-0.1, -0.05) is 13.0 Å². The third kappa shape index (κ3) is 2.95. The zero-order valence-electron chi connectivity index (χ0n) is 14.4. The Morgan fingerprint density at radius 2 is 2.23 bits per heavy atom. The molecule has 0 fully saturated rings. The van der Waals surface area contributed by atoms with Crippen molar-refractivity contribution in [2.75, 3.05) is 13.7 Å². The molecule has 0 unspecified atom stereocenters. The molecule has 0 spiro atoms. The number of fused-ring (bicyclic) bond motifs is 1. The van der Waals surface area contributed by atoms with E-state index in [2.05, 4.69) is 9.97 Å². The third-order valence-corrected chi connectivity index (χ3v) is 4.01. The molecule has 0 bridgehead atoms. The predicted molar refractivity (Wildman–Crippen MR) is 92.9 cm³/mol. The van der Waals surface area contributed by atoms with Crippen LogP contribution in [0.3, 0.4) is 0 Å². The van der Waals surface area contributed by atoms with Crippen molar-refractivity contribution in [1.82, 2.24) is 9.97 Å². The van der Waals surface area contributed by atoms with E-state index in [1.165, 1.54) is 13.4 Å². The van der Waals surface area contributed by atoms with Crippen LogP contribution in [-0.4, -0.2) is 23.7 Å². The number of nitriles is 1. The lowest BCUT2D eigenvalue weighted by Gasteiger charge is -2.25. The summed E-state index contributed by atoms with van der Waals surface area (Å²) < 4.78 is 16.4. The van der Waals surface area contributed by atoms with E-state index in [0.29, 0.717) is 23.7 Å². The summed E-state index contributed by atoms with van der Waals surface area (Å²) in [6.07, 6.45) is 2.09. The lowest BCUT2D eigenvalue weighted by molar-refractivity contribution is 0.294. The fraction of sp³-hybridized carbons (Fsp3) is 0.278. The van der Waals surface area contributed by atoms with Crippen LogP contribution in [0.15, 0.2) is 40.8 Å². The second-order valence-electron chi connectivity index (χ2n) is 5.63. The normalized spacial score (nSPS) is 15.7. The van der Waals surface area contributed by atoms with Gasteiger partial charge < -0.3 is 24.9 Å². The molecule has 0 amide bonds. The maximum Gasteiger partial charge on any atom is 0.258 e. The molecule has 26 heavy (non-hydrogen) atoms. The number of hydrogen-bond donors (Lipinski definition) is 2. The second kappa shape index (κ2) is 7.19. The van der Waals surface area contributed by atoms with Crippen molar-refractivity contribution in [2.24, 2.45) is 5.73 Å². The SMILES string of the molecule is CCCOc1ccc([C@@H]2C(C#N)=C(N)Oc3nc[nH]c(=O)c32)cc1OC. The van der Waals surface area contributed by atoms with Gasteiger partial charge in [0.2, 0.25) is 11.8 Å². The minimum atomic E-state index is -0.713. The molecule has 2 heterocycles. The summed E-state index contributed by atoms with van der Waals surface area (Å²) in [6.45, 7) is 2.56. The van der Waals surface area contributed by atoms with Crippen molar-refractivity contribution in [3.8, 4) is 23.4 Å². The molecule has 1 aliphatic heterocycles. The van der Waals surface area contributed by atoms with Gasteiger partial charge in [-0.3, -0.25) is 4.79 Å². The van der Waals surface area contributed by atoms with Crippen molar-refractivity contribution in [3.05, 3.63) is 57.5 Å². The summed E-state index contributed by atoms with van der Waals surface area (Å²) in [4.78, 5) is 18.9. The van der Waals surface area contributed by atoms with Gasteiger partial charge in [-0.25, -0.2) is 4.98 Å². The van der Waals surface area contributed by atoms with E-state index in [1.807, 2.05) is 13.0 Å². The number of H-pyrrole nitrogens is 1. The van der Waals surface area contributed by atoms with Crippen molar-refractivity contribution < 1.29 is 14.2 Å². The Bertz CT molecular complexity index is 958. The van der Waals surface area contributed by atoms with Crippen molar-refractivity contribution in [2.45, 2.75) is 19.3 Å². The largest absolute Gasteiger partial charge is 0.493 e. The van der Waals surface area contributed by atoms with Crippen LogP contribution in [0, 0.1) is 11.3 Å². The monoisotopic (exact) mass is 354 g/mol. The van der Waals surface area contributed by atoms with E-state index in [4.69, 9.17) is 19.9 Å². The van der Waals surface area contributed by atoms with Gasteiger partial charge in [-0.2, -0.15) is 5.26 Å². The Hall–Kier alpha value is -3.47. The summed E-state index contributed by atoms with van der Waals surface area (Å²) in [5, 5.41) is 9.55. The number of nitrogens with one attached hydrogen (secondary N) is 1. The van der Waals surface area contributed by atoms with E-state index in [0.717, 1.165) is 6.42 Å². The number of hydrogen-bond acceptors (Lipinski definition) is 7. The Morgan fingerprint density at radius 3 is 2.92 bits per heavy atom. The number of rotatable bonds is 5. The number of aromatic amines is 1. The van der Waals surface area contributed by atoms with E-state index < -0.39 is 11.5 Å². The van der Waals surface area contributed by atoms with Crippen molar-refractivity contribution in [3.63, 3.8) is 0 Å². The number of ether oxygens (including phenoxy) is 3. The molecule has 8 heteroatoms. The highest BCUT2D eigenvalue weighted by Crippen LogP contribution is 2.41. The minimum Gasteiger partial charge on any atom is -0.493 e.